The number of ether oxygens (including phenoxy) is 1. The summed E-state index contributed by atoms with van der Waals surface area (Å²) in [7, 11) is 1.52. The summed E-state index contributed by atoms with van der Waals surface area (Å²) in [6.45, 7) is 0. The van der Waals surface area contributed by atoms with Crippen molar-refractivity contribution in [2.45, 2.75) is 0 Å². The van der Waals surface area contributed by atoms with Crippen LogP contribution in [0.1, 0.15) is 5.56 Å². The van der Waals surface area contributed by atoms with Crippen molar-refractivity contribution in [1.82, 2.24) is 0 Å². The Morgan fingerprint density at radius 2 is 2.00 bits per heavy atom. The van der Waals surface area contributed by atoms with Gasteiger partial charge in [0.1, 0.15) is 23.1 Å². The largest absolute Gasteiger partial charge is 0.506 e. The van der Waals surface area contributed by atoms with Gasteiger partial charge in [0.15, 0.2) is 0 Å². The van der Waals surface area contributed by atoms with Crippen LogP contribution in [0.25, 0.3) is 6.08 Å². The number of nitro benzene ring substituents is 1. The Morgan fingerprint density at radius 1 is 1.32 bits per heavy atom. The summed E-state index contributed by atoms with van der Waals surface area (Å²) in [4.78, 5) is 22.1. The zero-order valence-corrected chi connectivity index (χ0v) is 13.1. The number of anilines is 1. The number of amides is 1. The molecule has 0 atom stereocenters. The van der Waals surface area contributed by atoms with E-state index in [4.69, 9.17) is 10.00 Å². The number of carbonyl (C=O) groups is 1. The van der Waals surface area contributed by atoms with E-state index in [0.29, 0.717) is 11.3 Å². The van der Waals surface area contributed by atoms with Crippen molar-refractivity contribution in [3.8, 4) is 17.6 Å². The van der Waals surface area contributed by atoms with Crippen LogP contribution in [-0.2, 0) is 4.79 Å². The summed E-state index contributed by atoms with van der Waals surface area (Å²) in [5.74, 6) is -0.581. The van der Waals surface area contributed by atoms with Crippen LogP contribution in [0.3, 0.4) is 0 Å². The van der Waals surface area contributed by atoms with Crippen LogP contribution < -0.4 is 10.1 Å². The highest BCUT2D eigenvalue weighted by atomic mass is 16.6. The lowest BCUT2D eigenvalue weighted by atomic mass is 10.1. The first kappa shape index (κ1) is 17.5. The predicted molar refractivity (Wildman–Crippen MR) is 90.0 cm³/mol. The van der Waals surface area contributed by atoms with E-state index in [-0.39, 0.29) is 16.9 Å². The van der Waals surface area contributed by atoms with E-state index in [1.807, 2.05) is 0 Å². The standard InChI is InChI=1S/C17H13N3O5/c1-25-14-5-2-11(3-6-14)8-12(10-18)17(22)19-15-7-4-13(20(23)24)9-16(15)21/h2-9,21H,1H3,(H,19,22)/b12-8+. The molecule has 0 aliphatic heterocycles. The summed E-state index contributed by atoms with van der Waals surface area (Å²) in [5, 5.41) is 31.9. The quantitative estimate of drug-likeness (QED) is 0.284. The minimum Gasteiger partial charge on any atom is -0.506 e. The van der Waals surface area contributed by atoms with Gasteiger partial charge in [-0.05, 0) is 29.8 Å². The zero-order chi connectivity index (χ0) is 18.4. The number of methoxy groups -OCH3 is 1. The molecular formula is C17H13N3O5. The lowest BCUT2D eigenvalue weighted by Gasteiger charge is -2.06. The van der Waals surface area contributed by atoms with Crippen molar-refractivity contribution >= 4 is 23.4 Å². The number of nitrogens with zero attached hydrogens (tertiary/aromatic N) is 2. The zero-order valence-electron chi connectivity index (χ0n) is 13.1. The summed E-state index contributed by atoms with van der Waals surface area (Å²) in [6.07, 6.45) is 1.37. The van der Waals surface area contributed by atoms with E-state index in [0.717, 1.165) is 12.1 Å². The SMILES string of the molecule is COc1ccc(/C=C(\C#N)C(=O)Nc2ccc([N+](=O)[O-])cc2O)cc1. The van der Waals surface area contributed by atoms with Gasteiger partial charge in [-0.1, -0.05) is 12.1 Å². The third kappa shape index (κ3) is 4.33. The number of nitro groups is 1. The molecule has 2 aromatic carbocycles. The second-order valence-corrected chi connectivity index (χ2v) is 4.86. The van der Waals surface area contributed by atoms with E-state index in [2.05, 4.69) is 5.32 Å². The summed E-state index contributed by atoms with van der Waals surface area (Å²) >= 11 is 0. The maximum absolute atomic E-state index is 12.2. The monoisotopic (exact) mass is 339 g/mol. The molecule has 0 spiro atoms. The van der Waals surface area contributed by atoms with Crippen molar-refractivity contribution in [3.05, 3.63) is 63.7 Å². The number of phenolic OH excluding ortho intramolecular Hbond substituents is 1. The molecule has 0 aliphatic carbocycles. The molecule has 0 fully saturated rings. The topological polar surface area (TPSA) is 125 Å². The first-order chi connectivity index (χ1) is 11.9. The second-order valence-electron chi connectivity index (χ2n) is 4.86. The molecule has 1 amide bonds. The van der Waals surface area contributed by atoms with Crippen LogP contribution in [0, 0.1) is 21.4 Å². The molecule has 25 heavy (non-hydrogen) atoms. The van der Waals surface area contributed by atoms with Crippen LogP contribution in [-0.4, -0.2) is 23.0 Å². The molecule has 8 nitrogen and oxygen atoms in total. The maximum atomic E-state index is 12.2. The molecule has 0 bridgehead atoms. The minimum atomic E-state index is -0.748. The van der Waals surface area contributed by atoms with Crippen molar-refractivity contribution in [2.24, 2.45) is 0 Å². The van der Waals surface area contributed by atoms with Gasteiger partial charge in [-0.25, -0.2) is 0 Å². The number of non-ortho nitro benzene ring substituents is 1. The van der Waals surface area contributed by atoms with Gasteiger partial charge in [-0.3, -0.25) is 14.9 Å². The van der Waals surface area contributed by atoms with Crippen LogP contribution >= 0.6 is 0 Å². The van der Waals surface area contributed by atoms with Gasteiger partial charge in [-0.15, -0.1) is 0 Å². The number of phenols is 1. The summed E-state index contributed by atoms with van der Waals surface area (Å²) in [5.41, 5.74) is 0.0691. The minimum absolute atomic E-state index is 0.0357. The van der Waals surface area contributed by atoms with E-state index < -0.39 is 16.6 Å². The van der Waals surface area contributed by atoms with E-state index in [1.165, 1.54) is 19.3 Å². The number of rotatable bonds is 5. The van der Waals surface area contributed by atoms with Crippen LogP contribution in [0.2, 0.25) is 0 Å². The summed E-state index contributed by atoms with van der Waals surface area (Å²) in [6, 6.07) is 11.7. The first-order valence-electron chi connectivity index (χ1n) is 6.99. The molecule has 0 saturated heterocycles. The fraction of sp³-hybridized carbons (Fsp3) is 0.0588. The number of aromatic hydroxyl groups is 1. The van der Waals surface area contributed by atoms with Gasteiger partial charge in [-0.2, -0.15) is 5.26 Å². The Labute approximate surface area is 142 Å². The van der Waals surface area contributed by atoms with E-state index in [9.17, 15) is 20.0 Å². The van der Waals surface area contributed by atoms with Gasteiger partial charge < -0.3 is 15.2 Å². The molecule has 126 valence electrons. The van der Waals surface area contributed by atoms with Crippen molar-refractivity contribution in [2.75, 3.05) is 12.4 Å². The molecule has 0 aliphatic rings. The highest BCUT2D eigenvalue weighted by molar-refractivity contribution is 6.10. The average molecular weight is 339 g/mol. The molecular weight excluding hydrogens is 326 g/mol. The number of hydrogen-bond donors (Lipinski definition) is 2. The van der Waals surface area contributed by atoms with Gasteiger partial charge in [0.2, 0.25) is 0 Å². The van der Waals surface area contributed by atoms with Gasteiger partial charge in [0, 0.05) is 6.07 Å². The highest BCUT2D eigenvalue weighted by Crippen LogP contribution is 2.28. The molecule has 0 saturated carbocycles. The summed E-state index contributed by atoms with van der Waals surface area (Å²) < 4.78 is 5.03. The highest BCUT2D eigenvalue weighted by Gasteiger charge is 2.14. The molecule has 2 aromatic rings. The lowest BCUT2D eigenvalue weighted by molar-refractivity contribution is -0.384. The molecule has 0 heterocycles. The number of benzene rings is 2. The Kier molecular flexibility index (Phi) is 5.32. The Bertz CT molecular complexity index is 882. The Balaban J connectivity index is 2.21. The van der Waals surface area contributed by atoms with Crippen LogP contribution in [0.15, 0.2) is 48.0 Å². The Morgan fingerprint density at radius 3 is 2.52 bits per heavy atom. The molecule has 0 aromatic heterocycles. The first-order valence-corrected chi connectivity index (χ1v) is 6.99. The van der Waals surface area contributed by atoms with Gasteiger partial charge in [0.05, 0.1) is 23.8 Å². The van der Waals surface area contributed by atoms with Gasteiger partial charge in [0.25, 0.3) is 11.6 Å². The fourth-order valence-electron chi connectivity index (χ4n) is 1.94. The number of carbonyl (C=O) groups excluding carboxylic acids is 1. The van der Waals surface area contributed by atoms with E-state index >= 15 is 0 Å². The molecule has 0 radical (unpaired) electrons. The second kappa shape index (κ2) is 7.61. The molecule has 0 unspecified atom stereocenters. The predicted octanol–water partition coefficient (Wildman–Crippen LogP) is 2.85. The van der Waals surface area contributed by atoms with Gasteiger partial charge >= 0.3 is 0 Å². The number of hydrogen-bond acceptors (Lipinski definition) is 6. The average Bonchev–Trinajstić information content (AvgIpc) is 2.61. The van der Waals surface area contributed by atoms with Crippen LogP contribution in [0.4, 0.5) is 11.4 Å². The molecule has 2 rings (SSSR count). The normalized spacial score (nSPS) is 10.6. The molecule has 2 N–H and O–H groups in total. The Hall–Kier alpha value is -3.86. The molecule has 8 heteroatoms. The lowest BCUT2D eigenvalue weighted by Crippen LogP contribution is -2.13. The van der Waals surface area contributed by atoms with E-state index in [1.54, 1.807) is 30.3 Å². The fourth-order valence-corrected chi connectivity index (χ4v) is 1.94. The third-order valence-corrected chi connectivity index (χ3v) is 3.23. The smallest absolute Gasteiger partial charge is 0.273 e. The number of nitriles is 1. The third-order valence-electron chi connectivity index (χ3n) is 3.23. The van der Waals surface area contributed by atoms with Crippen molar-refractivity contribution in [3.63, 3.8) is 0 Å². The maximum Gasteiger partial charge on any atom is 0.273 e. The van der Waals surface area contributed by atoms with Crippen molar-refractivity contribution < 1.29 is 19.6 Å². The van der Waals surface area contributed by atoms with Crippen molar-refractivity contribution in [1.29, 1.82) is 5.26 Å². The number of nitrogens with one attached hydrogen (secondary N) is 1. The van der Waals surface area contributed by atoms with Crippen LogP contribution in [0.5, 0.6) is 11.5 Å².